The minimum absolute atomic E-state index is 0.108. The zero-order valence-electron chi connectivity index (χ0n) is 17.2. The first-order chi connectivity index (χ1) is 14.7. The first kappa shape index (κ1) is 19.3. The smallest absolute Gasteiger partial charge is 0.235 e. The number of aromatic hydroxyl groups is 1. The van der Waals surface area contributed by atoms with Crippen molar-refractivity contribution in [3.8, 4) is 5.88 Å². The predicted octanol–water partition coefficient (Wildman–Crippen LogP) is 3.43. The van der Waals surface area contributed by atoms with Crippen LogP contribution in [0.5, 0.6) is 5.88 Å². The van der Waals surface area contributed by atoms with Crippen LogP contribution in [0.15, 0.2) is 60.9 Å². The van der Waals surface area contributed by atoms with E-state index in [1.54, 1.807) is 15.9 Å². The fourth-order valence-electron chi connectivity index (χ4n) is 4.70. The van der Waals surface area contributed by atoms with Gasteiger partial charge in [-0.2, -0.15) is 9.61 Å². The predicted molar refractivity (Wildman–Crippen MR) is 119 cm³/mol. The van der Waals surface area contributed by atoms with Gasteiger partial charge in [-0.15, -0.1) is 0 Å². The molecule has 4 aromatic rings. The molecule has 154 valence electrons. The number of fused-ring (bicyclic) bond motifs is 1. The third kappa shape index (κ3) is 3.73. The molecule has 5 rings (SSSR count). The molecule has 30 heavy (non-hydrogen) atoms. The second kappa shape index (κ2) is 8.20. The zero-order chi connectivity index (χ0) is 20.5. The molecule has 0 bridgehead atoms. The molecular weight excluding hydrogens is 392 g/mol. The third-order valence-electron chi connectivity index (χ3n) is 6.33. The maximum absolute atomic E-state index is 10.9. The summed E-state index contributed by atoms with van der Waals surface area (Å²) in [6, 6.07) is 19.7. The molecule has 1 atom stereocenters. The topological polar surface area (TPSA) is 54.9 Å². The van der Waals surface area contributed by atoms with Gasteiger partial charge < -0.3 is 10.0 Å². The molecule has 2 N–H and O–H groups in total. The number of hydrogen-bond acceptors (Lipinski definition) is 4. The van der Waals surface area contributed by atoms with Crippen molar-refractivity contribution in [2.45, 2.75) is 32.2 Å². The summed E-state index contributed by atoms with van der Waals surface area (Å²) in [5.74, 6) is 0.961. The molecule has 3 heterocycles. The first-order valence-corrected chi connectivity index (χ1v) is 11.5. The van der Waals surface area contributed by atoms with E-state index >= 15 is 0 Å². The number of benzene rings is 2. The van der Waals surface area contributed by atoms with Crippen molar-refractivity contribution < 1.29 is 10.0 Å². The van der Waals surface area contributed by atoms with Crippen LogP contribution < -0.4 is 4.90 Å². The number of likely N-dealkylation sites (tertiary alicyclic amines) is 1. The summed E-state index contributed by atoms with van der Waals surface area (Å²) in [5.41, 5.74) is 3.93. The van der Waals surface area contributed by atoms with Gasteiger partial charge in [-0.1, -0.05) is 71.5 Å². The van der Waals surface area contributed by atoms with Crippen molar-refractivity contribution in [1.29, 1.82) is 0 Å². The normalized spacial score (nSPS) is 20.4. The number of hydrogen-bond donors (Lipinski definition) is 2. The highest BCUT2D eigenvalue weighted by Gasteiger charge is 2.35. The van der Waals surface area contributed by atoms with E-state index in [4.69, 9.17) is 0 Å². The number of nitrogens with one attached hydrogen (secondary N) is 1. The van der Waals surface area contributed by atoms with Gasteiger partial charge in [-0.05, 0) is 37.7 Å². The quantitative estimate of drug-likeness (QED) is 0.521. The Morgan fingerprint density at radius 2 is 1.83 bits per heavy atom. The number of nitrogens with zero attached hydrogens (tertiary/aromatic N) is 3. The molecule has 0 radical (unpaired) electrons. The summed E-state index contributed by atoms with van der Waals surface area (Å²) in [6.07, 6.45) is 5.06. The molecule has 0 saturated carbocycles. The van der Waals surface area contributed by atoms with E-state index in [2.05, 4.69) is 71.6 Å². The van der Waals surface area contributed by atoms with Crippen LogP contribution in [0.3, 0.4) is 0 Å². The van der Waals surface area contributed by atoms with E-state index in [-0.39, 0.29) is 11.9 Å². The van der Waals surface area contributed by atoms with Crippen molar-refractivity contribution in [2.24, 2.45) is 5.92 Å². The fourth-order valence-corrected chi connectivity index (χ4v) is 5.82. The maximum Gasteiger partial charge on any atom is 0.235 e. The lowest BCUT2D eigenvalue weighted by molar-refractivity contribution is -0.931. The fraction of sp³-hybridized carbons (Fsp3) is 0.333. The first-order valence-electron chi connectivity index (χ1n) is 10.7. The lowest BCUT2D eigenvalue weighted by atomic mass is 9.88. The monoisotopic (exact) mass is 419 g/mol. The van der Waals surface area contributed by atoms with E-state index in [9.17, 15) is 5.11 Å². The molecule has 0 unspecified atom stereocenters. The minimum Gasteiger partial charge on any atom is -0.492 e. The summed E-state index contributed by atoms with van der Waals surface area (Å²) in [6.45, 7) is 4.31. The van der Waals surface area contributed by atoms with E-state index in [0.29, 0.717) is 0 Å². The Morgan fingerprint density at radius 1 is 1.10 bits per heavy atom. The lowest BCUT2D eigenvalue weighted by Gasteiger charge is -2.34. The highest BCUT2D eigenvalue weighted by atomic mass is 32.1. The highest BCUT2D eigenvalue weighted by Crippen LogP contribution is 2.35. The molecule has 0 aliphatic carbocycles. The van der Waals surface area contributed by atoms with E-state index in [1.807, 2.05) is 0 Å². The van der Waals surface area contributed by atoms with Gasteiger partial charge >= 0.3 is 0 Å². The lowest BCUT2D eigenvalue weighted by Crippen LogP contribution is -3.13. The summed E-state index contributed by atoms with van der Waals surface area (Å²) in [7, 11) is 0. The van der Waals surface area contributed by atoms with Crippen LogP contribution in [-0.2, 0) is 6.42 Å². The van der Waals surface area contributed by atoms with Gasteiger partial charge in [0, 0.05) is 5.56 Å². The average Bonchev–Trinajstić information content (AvgIpc) is 3.35. The Balaban J connectivity index is 1.40. The number of thiazole rings is 1. The third-order valence-corrected chi connectivity index (χ3v) is 7.43. The Hall–Kier alpha value is -2.70. The second-order valence-corrected chi connectivity index (χ2v) is 9.39. The van der Waals surface area contributed by atoms with Crippen LogP contribution in [-0.4, -0.2) is 32.8 Å². The molecule has 0 amide bonds. The van der Waals surface area contributed by atoms with Crippen LogP contribution in [0.2, 0.25) is 0 Å². The van der Waals surface area contributed by atoms with Crippen molar-refractivity contribution in [3.63, 3.8) is 0 Å². The second-order valence-electron chi connectivity index (χ2n) is 8.38. The Bertz CT molecular complexity index is 1110. The molecule has 1 saturated heterocycles. The molecular formula is C24H27N4OS+. The molecule has 2 aromatic heterocycles. The Labute approximate surface area is 180 Å². The Kier molecular flexibility index (Phi) is 5.27. The van der Waals surface area contributed by atoms with Gasteiger partial charge in [0.1, 0.15) is 11.2 Å². The van der Waals surface area contributed by atoms with Crippen molar-refractivity contribution in [2.75, 3.05) is 13.1 Å². The standard InChI is InChI=1S/C24H26N4OS/c1-17-7-9-20(10-8-17)21(22-23(29)28-24(30-22)25-16-26-28)27-13-11-19(12-14-27)15-18-5-3-2-4-6-18/h2-10,16,19,21,29H,11-15H2,1H3/p+1/t21-/m1/s1. The van der Waals surface area contributed by atoms with Crippen molar-refractivity contribution >= 4 is 16.3 Å². The zero-order valence-corrected chi connectivity index (χ0v) is 18.0. The highest BCUT2D eigenvalue weighted by molar-refractivity contribution is 7.17. The van der Waals surface area contributed by atoms with Crippen LogP contribution in [0, 0.1) is 12.8 Å². The average molecular weight is 420 g/mol. The van der Waals surface area contributed by atoms with Gasteiger partial charge in [0.15, 0.2) is 6.04 Å². The maximum atomic E-state index is 10.9. The number of rotatable bonds is 5. The SMILES string of the molecule is Cc1ccc([C@H](c2sc3ncnn3c2O)[NH+]2CCC(Cc3ccccc3)CC2)cc1. The van der Waals surface area contributed by atoms with Crippen molar-refractivity contribution in [3.05, 3.63) is 82.5 Å². The van der Waals surface area contributed by atoms with E-state index in [0.717, 1.165) is 35.3 Å². The van der Waals surface area contributed by atoms with Crippen LogP contribution in [0.4, 0.5) is 0 Å². The number of piperidine rings is 1. The summed E-state index contributed by atoms with van der Waals surface area (Å²) >= 11 is 1.55. The van der Waals surface area contributed by atoms with Crippen LogP contribution in [0.1, 0.15) is 40.5 Å². The van der Waals surface area contributed by atoms with Gasteiger partial charge in [0.25, 0.3) is 0 Å². The Morgan fingerprint density at radius 3 is 2.53 bits per heavy atom. The summed E-state index contributed by atoms with van der Waals surface area (Å²) in [5, 5.41) is 15.1. The van der Waals surface area contributed by atoms with Gasteiger partial charge in [-0.25, -0.2) is 4.98 Å². The molecule has 6 heteroatoms. The number of aryl methyl sites for hydroxylation is 1. The minimum atomic E-state index is 0.108. The largest absolute Gasteiger partial charge is 0.492 e. The van der Waals surface area contributed by atoms with Gasteiger partial charge in [0.2, 0.25) is 10.8 Å². The summed E-state index contributed by atoms with van der Waals surface area (Å²) in [4.78, 5) is 7.52. The van der Waals surface area contributed by atoms with Crippen molar-refractivity contribution in [1.82, 2.24) is 14.6 Å². The molecule has 1 fully saturated rings. The molecule has 5 nitrogen and oxygen atoms in total. The van der Waals surface area contributed by atoms with E-state index < -0.39 is 0 Å². The van der Waals surface area contributed by atoms with Crippen LogP contribution in [0.25, 0.3) is 4.96 Å². The van der Waals surface area contributed by atoms with Crippen LogP contribution >= 0.6 is 11.3 Å². The van der Waals surface area contributed by atoms with Gasteiger partial charge in [0.05, 0.1) is 13.1 Å². The molecule has 1 aliphatic rings. The van der Waals surface area contributed by atoms with E-state index in [1.165, 1.54) is 40.8 Å². The molecule has 2 aromatic carbocycles. The van der Waals surface area contributed by atoms with Gasteiger partial charge in [-0.3, -0.25) is 0 Å². The number of aromatic nitrogens is 3. The number of quaternary nitrogens is 1. The molecule has 1 aliphatic heterocycles. The molecule has 0 spiro atoms. The summed E-state index contributed by atoms with van der Waals surface area (Å²) < 4.78 is 1.56.